The van der Waals surface area contributed by atoms with Crippen LogP contribution >= 0.6 is 0 Å². The lowest BCUT2D eigenvalue weighted by molar-refractivity contribution is -0.402. The maximum atomic E-state index is 13.9. The third kappa shape index (κ3) is 2.84. The summed E-state index contributed by atoms with van der Waals surface area (Å²) in [5.74, 6) is -3.32. The van der Waals surface area contributed by atoms with Crippen molar-refractivity contribution < 1.29 is 23.7 Å². The maximum absolute atomic E-state index is 13.9. The van der Waals surface area contributed by atoms with Crippen molar-refractivity contribution in [2.24, 2.45) is 5.92 Å². The fraction of sp³-hybridized carbons (Fsp3) is 0.240. The maximum Gasteiger partial charge on any atom is 0.433 e. The number of benzene rings is 2. The van der Waals surface area contributed by atoms with Gasteiger partial charge < -0.3 is 4.42 Å². The SMILES string of the molecule is Cc1ccc(C(=O)[C@@H]2[C@@H](c3ccc([N+](=O)[O-])o3)CN(C)C23C(=O)c2ccccc2C3=O)cc1. The van der Waals surface area contributed by atoms with Gasteiger partial charge in [-0.2, -0.15) is 0 Å². The number of furan rings is 1. The van der Waals surface area contributed by atoms with Gasteiger partial charge in [0.15, 0.2) is 22.9 Å². The summed E-state index contributed by atoms with van der Waals surface area (Å²) in [5.41, 5.74) is 0.147. The van der Waals surface area contributed by atoms with Crippen LogP contribution < -0.4 is 0 Å². The number of hydrogen-bond acceptors (Lipinski definition) is 7. The standard InChI is InChI=1S/C25H20N2O6/c1-14-7-9-15(10-8-14)22(28)21-18(19-11-12-20(33-19)27(31)32)13-26(2)25(21)23(29)16-5-3-4-6-17(16)24(25)30/h3-12,18,21H,13H2,1-2H3/t18-,21+/m1/s1. The van der Waals surface area contributed by atoms with Gasteiger partial charge in [-0.1, -0.05) is 54.1 Å². The van der Waals surface area contributed by atoms with Gasteiger partial charge in [0.25, 0.3) is 0 Å². The van der Waals surface area contributed by atoms with Crippen molar-refractivity contribution in [3.05, 3.63) is 98.8 Å². The zero-order valence-electron chi connectivity index (χ0n) is 18.0. The topological polar surface area (TPSA) is 111 Å². The van der Waals surface area contributed by atoms with Gasteiger partial charge in [0.2, 0.25) is 0 Å². The number of nitrogens with zero attached hydrogens (tertiary/aromatic N) is 2. The molecule has 1 aliphatic carbocycles. The molecule has 0 bridgehead atoms. The van der Waals surface area contributed by atoms with Crippen LogP contribution in [0.3, 0.4) is 0 Å². The normalized spacial score (nSPS) is 21.5. The molecule has 1 aliphatic heterocycles. The van der Waals surface area contributed by atoms with E-state index in [0.717, 1.165) is 5.56 Å². The summed E-state index contributed by atoms with van der Waals surface area (Å²) in [6, 6.07) is 16.1. The first-order valence-corrected chi connectivity index (χ1v) is 10.5. The van der Waals surface area contributed by atoms with Crippen LogP contribution in [0, 0.1) is 23.0 Å². The number of fused-ring (bicyclic) bond motifs is 1. The Bertz CT molecular complexity index is 1290. The number of aryl methyl sites for hydroxylation is 1. The van der Waals surface area contributed by atoms with Crippen LogP contribution in [0.4, 0.5) is 5.88 Å². The Morgan fingerprint density at radius 2 is 1.64 bits per heavy atom. The second-order valence-electron chi connectivity index (χ2n) is 8.60. The molecule has 5 rings (SSSR count). The van der Waals surface area contributed by atoms with Crippen LogP contribution in [-0.2, 0) is 0 Å². The van der Waals surface area contributed by atoms with E-state index >= 15 is 0 Å². The Morgan fingerprint density at radius 1 is 1.03 bits per heavy atom. The van der Waals surface area contributed by atoms with Crippen molar-refractivity contribution in [2.45, 2.75) is 18.4 Å². The van der Waals surface area contributed by atoms with Crippen molar-refractivity contribution in [3.63, 3.8) is 0 Å². The molecule has 2 heterocycles. The van der Waals surface area contributed by atoms with Crippen LogP contribution in [0.5, 0.6) is 0 Å². The minimum atomic E-state index is -1.74. The highest BCUT2D eigenvalue weighted by Crippen LogP contribution is 2.52. The number of nitro groups is 1. The van der Waals surface area contributed by atoms with Crippen LogP contribution in [-0.4, -0.2) is 46.3 Å². The van der Waals surface area contributed by atoms with Crippen molar-refractivity contribution in [1.29, 1.82) is 0 Å². The van der Waals surface area contributed by atoms with Crippen LogP contribution in [0.1, 0.15) is 48.3 Å². The monoisotopic (exact) mass is 444 g/mol. The lowest BCUT2D eigenvalue weighted by Crippen LogP contribution is -2.57. The molecule has 0 N–H and O–H groups in total. The van der Waals surface area contributed by atoms with E-state index in [1.807, 2.05) is 6.92 Å². The molecule has 0 amide bonds. The third-order valence-corrected chi connectivity index (χ3v) is 6.81. The summed E-state index contributed by atoms with van der Waals surface area (Å²) in [7, 11) is 1.63. The third-order valence-electron chi connectivity index (χ3n) is 6.81. The zero-order valence-corrected chi connectivity index (χ0v) is 18.0. The van der Waals surface area contributed by atoms with Gasteiger partial charge in [-0.25, -0.2) is 0 Å². The molecule has 1 spiro atoms. The molecule has 0 unspecified atom stereocenters. The van der Waals surface area contributed by atoms with Crippen molar-refractivity contribution in [1.82, 2.24) is 4.90 Å². The second-order valence-corrected chi connectivity index (χ2v) is 8.60. The molecule has 0 saturated carbocycles. The van der Waals surface area contributed by atoms with Crippen LogP contribution in [0.25, 0.3) is 0 Å². The molecular weight excluding hydrogens is 424 g/mol. The van der Waals surface area contributed by atoms with E-state index in [0.29, 0.717) is 5.56 Å². The van der Waals surface area contributed by atoms with Gasteiger partial charge in [0, 0.05) is 29.2 Å². The first-order valence-electron chi connectivity index (χ1n) is 10.5. The van der Waals surface area contributed by atoms with E-state index in [1.54, 1.807) is 60.5 Å². The van der Waals surface area contributed by atoms with Crippen LogP contribution in [0.15, 0.2) is 65.1 Å². The molecule has 1 saturated heterocycles. The predicted molar refractivity (Wildman–Crippen MR) is 118 cm³/mol. The number of likely N-dealkylation sites (tertiary alicyclic amines) is 1. The van der Waals surface area contributed by atoms with E-state index in [9.17, 15) is 24.5 Å². The van der Waals surface area contributed by atoms with E-state index in [-0.39, 0.29) is 29.2 Å². The van der Waals surface area contributed by atoms with E-state index in [2.05, 4.69) is 0 Å². The number of carbonyl (C=O) groups is 3. The van der Waals surface area contributed by atoms with Crippen molar-refractivity contribution >= 4 is 23.2 Å². The average Bonchev–Trinajstić information content (AvgIpc) is 3.47. The highest BCUT2D eigenvalue weighted by Gasteiger charge is 2.68. The van der Waals surface area contributed by atoms with E-state index in [4.69, 9.17) is 4.42 Å². The summed E-state index contributed by atoms with van der Waals surface area (Å²) in [6.45, 7) is 2.04. The molecule has 2 aliphatic rings. The van der Waals surface area contributed by atoms with E-state index in [1.165, 1.54) is 12.1 Å². The Labute approximate surface area is 189 Å². The number of rotatable bonds is 4. The number of Topliss-reactive ketones (excluding diaryl/α,β-unsaturated/α-hetero) is 3. The highest BCUT2D eigenvalue weighted by atomic mass is 16.6. The smallest absolute Gasteiger partial charge is 0.405 e. The van der Waals surface area contributed by atoms with Gasteiger partial charge >= 0.3 is 5.88 Å². The zero-order chi connectivity index (χ0) is 23.5. The van der Waals surface area contributed by atoms with E-state index < -0.39 is 39.7 Å². The molecule has 3 aromatic rings. The average molecular weight is 444 g/mol. The van der Waals surface area contributed by atoms with Gasteiger partial charge in [-0.3, -0.25) is 29.4 Å². The molecule has 8 heteroatoms. The molecule has 0 radical (unpaired) electrons. The summed E-state index contributed by atoms with van der Waals surface area (Å²) in [4.78, 5) is 53.6. The summed E-state index contributed by atoms with van der Waals surface area (Å²) < 4.78 is 5.46. The van der Waals surface area contributed by atoms with Gasteiger partial charge in [0.05, 0.1) is 12.0 Å². The minimum Gasteiger partial charge on any atom is -0.405 e. The summed E-state index contributed by atoms with van der Waals surface area (Å²) in [5, 5.41) is 11.2. The molecule has 33 heavy (non-hydrogen) atoms. The lowest BCUT2D eigenvalue weighted by atomic mass is 9.71. The highest BCUT2D eigenvalue weighted by molar-refractivity contribution is 6.35. The predicted octanol–water partition coefficient (Wildman–Crippen LogP) is 3.84. The Kier molecular flexibility index (Phi) is 4.65. The number of carbonyl (C=O) groups excluding carboxylic acids is 3. The van der Waals surface area contributed by atoms with Crippen LogP contribution in [0.2, 0.25) is 0 Å². The number of ketones is 3. The molecule has 2 aromatic carbocycles. The van der Waals surface area contributed by atoms with Gasteiger partial charge in [0.1, 0.15) is 10.7 Å². The first-order chi connectivity index (χ1) is 15.8. The molecule has 1 aromatic heterocycles. The van der Waals surface area contributed by atoms with Gasteiger partial charge in [-0.15, -0.1) is 0 Å². The Balaban J connectivity index is 1.70. The van der Waals surface area contributed by atoms with Gasteiger partial charge in [-0.05, 0) is 20.0 Å². The largest absolute Gasteiger partial charge is 0.433 e. The summed E-state index contributed by atoms with van der Waals surface area (Å²) in [6.07, 6.45) is 0. The Hall–Kier alpha value is -3.91. The fourth-order valence-corrected chi connectivity index (χ4v) is 5.26. The quantitative estimate of drug-likeness (QED) is 0.260. The van der Waals surface area contributed by atoms with Crippen molar-refractivity contribution in [3.8, 4) is 0 Å². The number of hydrogen-bond donors (Lipinski definition) is 0. The second kappa shape index (κ2) is 7.31. The molecule has 2 atom stereocenters. The fourth-order valence-electron chi connectivity index (χ4n) is 5.26. The Morgan fingerprint density at radius 3 is 2.18 bits per heavy atom. The molecule has 8 nitrogen and oxygen atoms in total. The number of likely N-dealkylation sites (N-methyl/N-ethyl adjacent to an activating group) is 1. The molecule has 1 fully saturated rings. The molecule has 166 valence electrons. The summed E-state index contributed by atoms with van der Waals surface area (Å²) >= 11 is 0. The first kappa shape index (κ1) is 21.0. The molecular formula is C25H20N2O6. The van der Waals surface area contributed by atoms with Crippen molar-refractivity contribution in [2.75, 3.05) is 13.6 Å². The minimum absolute atomic E-state index is 0.151. The lowest BCUT2D eigenvalue weighted by Gasteiger charge is -2.33.